The minimum atomic E-state index is -0.136. The van der Waals surface area contributed by atoms with Gasteiger partial charge in [0.1, 0.15) is 11.5 Å². The molecule has 0 aliphatic carbocycles. The van der Waals surface area contributed by atoms with Crippen LogP contribution in [-0.2, 0) is 7.05 Å². The first-order valence-corrected chi connectivity index (χ1v) is 9.47. The van der Waals surface area contributed by atoms with Crippen LogP contribution in [-0.4, -0.2) is 43.6 Å². The van der Waals surface area contributed by atoms with Crippen LogP contribution in [0.4, 0.5) is 0 Å². The zero-order chi connectivity index (χ0) is 18.1. The Hall–Kier alpha value is -2.74. The molecule has 1 aliphatic rings. The summed E-state index contributed by atoms with van der Waals surface area (Å²) < 4.78 is 1.63. The molecular formula is C18H19N5O2S. The van der Waals surface area contributed by atoms with E-state index in [2.05, 4.69) is 15.1 Å². The highest BCUT2D eigenvalue weighted by Gasteiger charge is 2.27. The molecule has 134 valence electrons. The molecule has 26 heavy (non-hydrogen) atoms. The van der Waals surface area contributed by atoms with Crippen LogP contribution in [0.1, 0.15) is 35.1 Å². The average Bonchev–Trinajstić information content (AvgIpc) is 3.32. The monoisotopic (exact) mass is 369 g/mol. The molecule has 0 bridgehead atoms. The van der Waals surface area contributed by atoms with Crippen molar-refractivity contribution in [3.05, 3.63) is 57.0 Å². The minimum Gasteiger partial charge on any atom is -0.337 e. The maximum Gasteiger partial charge on any atom is 0.274 e. The second kappa shape index (κ2) is 6.87. The number of aryl methyl sites for hydroxylation is 1. The van der Waals surface area contributed by atoms with Crippen LogP contribution in [0, 0.1) is 0 Å². The van der Waals surface area contributed by atoms with E-state index in [1.165, 1.54) is 6.07 Å². The largest absolute Gasteiger partial charge is 0.337 e. The van der Waals surface area contributed by atoms with Gasteiger partial charge in [0.25, 0.3) is 11.5 Å². The van der Waals surface area contributed by atoms with Gasteiger partial charge in [0.15, 0.2) is 0 Å². The second-order valence-electron chi connectivity index (χ2n) is 6.47. The Kier molecular flexibility index (Phi) is 4.42. The van der Waals surface area contributed by atoms with E-state index in [9.17, 15) is 9.59 Å². The zero-order valence-electron chi connectivity index (χ0n) is 14.4. The number of hydrogen-bond acceptors (Lipinski definition) is 5. The smallest absolute Gasteiger partial charge is 0.274 e. The number of carbonyl (C=O) groups excluding carboxylic acids is 1. The van der Waals surface area contributed by atoms with E-state index in [0.29, 0.717) is 30.3 Å². The molecule has 1 aliphatic heterocycles. The summed E-state index contributed by atoms with van der Waals surface area (Å²) in [4.78, 5) is 33.9. The molecule has 1 fully saturated rings. The number of H-pyrrole nitrogens is 1. The van der Waals surface area contributed by atoms with Gasteiger partial charge >= 0.3 is 0 Å². The predicted octanol–water partition coefficient (Wildman–Crippen LogP) is 2.25. The van der Waals surface area contributed by atoms with Crippen molar-refractivity contribution in [1.82, 2.24) is 24.6 Å². The highest BCUT2D eigenvalue weighted by atomic mass is 32.1. The fraction of sp³-hybridized carbons (Fsp3) is 0.333. The van der Waals surface area contributed by atoms with Crippen molar-refractivity contribution >= 4 is 17.2 Å². The third-order valence-corrected chi connectivity index (χ3v) is 5.36. The van der Waals surface area contributed by atoms with E-state index in [4.69, 9.17) is 0 Å². The van der Waals surface area contributed by atoms with Crippen molar-refractivity contribution in [3.63, 3.8) is 0 Å². The number of amides is 1. The summed E-state index contributed by atoms with van der Waals surface area (Å²) >= 11 is 1.58. The summed E-state index contributed by atoms with van der Waals surface area (Å²) in [7, 11) is 1.80. The molecule has 0 radical (unpaired) electrons. The Labute approximate surface area is 154 Å². The fourth-order valence-corrected chi connectivity index (χ4v) is 3.92. The van der Waals surface area contributed by atoms with Crippen LogP contribution < -0.4 is 5.56 Å². The van der Waals surface area contributed by atoms with Gasteiger partial charge < -0.3 is 9.88 Å². The SMILES string of the molecule is Cn1ccc(C(=O)N2CCC(c3nc(-c4ccsc4)cc(=O)[nH]3)CC2)n1. The second-order valence-corrected chi connectivity index (χ2v) is 7.25. The Morgan fingerprint density at radius 2 is 2.12 bits per heavy atom. The van der Waals surface area contributed by atoms with Crippen molar-refractivity contribution in [1.29, 1.82) is 0 Å². The van der Waals surface area contributed by atoms with Gasteiger partial charge in [0, 0.05) is 49.3 Å². The number of aromatic nitrogens is 4. The normalized spacial score (nSPS) is 15.3. The van der Waals surface area contributed by atoms with E-state index < -0.39 is 0 Å². The molecule has 0 atom stereocenters. The first-order chi connectivity index (χ1) is 12.6. The average molecular weight is 369 g/mol. The first-order valence-electron chi connectivity index (χ1n) is 8.53. The van der Waals surface area contributed by atoms with Crippen molar-refractivity contribution in [2.24, 2.45) is 7.05 Å². The summed E-state index contributed by atoms with van der Waals surface area (Å²) in [6.07, 6.45) is 3.31. The maximum absolute atomic E-state index is 12.5. The molecule has 0 unspecified atom stereocenters. The van der Waals surface area contributed by atoms with Gasteiger partial charge in [-0.05, 0) is 30.4 Å². The van der Waals surface area contributed by atoms with Crippen LogP contribution in [0.3, 0.4) is 0 Å². The Morgan fingerprint density at radius 3 is 2.77 bits per heavy atom. The molecule has 1 N–H and O–H groups in total. The van der Waals surface area contributed by atoms with Gasteiger partial charge in [-0.3, -0.25) is 14.3 Å². The molecule has 4 rings (SSSR count). The number of nitrogens with zero attached hydrogens (tertiary/aromatic N) is 4. The van der Waals surface area contributed by atoms with Crippen molar-refractivity contribution < 1.29 is 4.79 Å². The molecule has 0 saturated carbocycles. The Bertz CT molecular complexity index is 968. The van der Waals surface area contributed by atoms with E-state index in [1.54, 1.807) is 35.3 Å². The molecule has 1 amide bonds. The standard InChI is InChI=1S/C18H19N5O2S/c1-22-6-4-14(21-22)18(25)23-7-2-12(3-8-23)17-19-15(10-16(24)20-17)13-5-9-26-11-13/h4-6,9-12H,2-3,7-8H2,1H3,(H,19,20,24). The number of piperidine rings is 1. The third-order valence-electron chi connectivity index (χ3n) is 4.68. The van der Waals surface area contributed by atoms with E-state index in [-0.39, 0.29) is 17.4 Å². The quantitative estimate of drug-likeness (QED) is 0.767. The fourth-order valence-electron chi connectivity index (χ4n) is 3.28. The number of thiophene rings is 1. The highest BCUT2D eigenvalue weighted by molar-refractivity contribution is 7.08. The topological polar surface area (TPSA) is 83.9 Å². The van der Waals surface area contributed by atoms with Gasteiger partial charge in [-0.2, -0.15) is 16.4 Å². The number of aromatic amines is 1. The van der Waals surface area contributed by atoms with Crippen molar-refractivity contribution in [2.75, 3.05) is 13.1 Å². The lowest BCUT2D eigenvalue weighted by Crippen LogP contribution is -2.38. The molecule has 3 aromatic rings. The summed E-state index contributed by atoms with van der Waals surface area (Å²) in [5, 5.41) is 8.14. The molecule has 7 nitrogen and oxygen atoms in total. The van der Waals surface area contributed by atoms with Crippen LogP contribution in [0.5, 0.6) is 0 Å². The minimum absolute atomic E-state index is 0.0440. The molecular weight excluding hydrogens is 350 g/mol. The maximum atomic E-state index is 12.5. The lowest BCUT2D eigenvalue weighted by molar-refractivity contribution is 0.0704. The van der Waals surface area contributed by atoms with E-state index in [0.717, 1.165) is 18.4 Å². The molecule has 0 aromatic carbocycles. The molecule has 4 heterocycles. The van der Waals surface area contributed by atoms with Crippen LogP contribution in [0.25, 0.3) is 11.3 Å². The Morgan fingerprint density at radius 1 is 1.31 bits per heavy atom. The Balaban J connectivity index is 1.48. The van der Waals surface area contributed by atoms with Crippen LogP contribution in [0.15, 0.2) is 40.0 Å². The highest BCUT2D eigenvalue weighted by Crippen LogP contribution is 2.27. The van der Waals surface area contributed by atoms with Gasteiger partial charge in [-0.25, -0.2) is 4.98 Å². The summed E-state index contributed by atoms with van der Waals surface area (Å²) in [6.45, 7) is 1.26. The zero-order valence-corrected chi connectivity index (χ0v) is 15.2. The third kappa shape index (κ3) is 3.32. The van der Waals surface area contributed by atoms with Crippen molar-refractivity contribution in [2.45, 2.75) is 18.8 Å². The summed E-state index contributed by atoms with van der Waals surface area (Å²) in [6, 6.07) is 5.23. The predicted molar refractivity (Wildman–Crippen MR) is 99.3 cm³/mol. The van der Waals surface area contributed by atoms with Crippen LogP contribution >= 0.6 is 11.3 Å². The van der Waals surface area contributed by atoms with Gasteiger partial charge in [-0.15, -0.1) is 0 Å². The number of hydrogen-bond donors (Lipinski definition) is 1. The van der Waals surface area contributed by atoms with Gasteiger partial charge in [-0.1, -0.05) is 0 Å². The van der Waals surface area contributed by atoms with E-state index >= 15 is 0 Å². The van der Waals surface area contributed by atoms with Gasteiger partial charge in [0.05, 0.1) is 5.69 Å². The molecule has 1 saturated heterocycles. The van der Waals surface area contributed by atoms with Gasteiger partial charge in [0.2, 0.25) is 0 Å². The molecule has 8 heteroatoms. The van der Waals surface area contributed by atoms with E-state index in [1.807, 2.05) is 21.7 Å². The number of rotatable bonds is 3. The van der Waals surface area contributed by atoms with Crippen LogP contribution in [0.2, 0.25) is 0 Å². The van der Waals surface area contributed by atoms with Crippen molar-refractivity contribution in [3.8, 4) is 11.3 Å². The lowest BCUT2D eigenvalue weighted by atomic mass is 9.95. The summed E-state index contributed by atoms with van der Waals surface area (Å²) in [5.41, 5.74) is 2.00. The number of likely N-dealkylation sites (tertiary alicyclic amines) is 1. The first kappa shape index (κ1) is 16.7. The molecule has 3 aromatic heterocycles. The molecule has 0 spiro atoms. The number of nitrogens with one attached hydrogen (secondary N) is 1. The lowest BCUT2D eigenvalue weighted by Gasteiger charge is -2.31. The number of carbonyl (C=O) groups is 1. The summed E-state index contributed by atoms with van der Waals surface area (Å²) in [5.74, 6) is 0.815.